The largest absolute Gasteiger partial charge is 0.383 e. The highest BCUT2D eigenvalue weighted by atomic mass is 16.5. The van der Waals surface area contributed by atoms with Gasteiger partial charge in [0.15, 0.2) is 5.78 Å². The van der Waals surface area contributed by atoms with Crippen LogP contribution in [0, 0.1) is 5.41 Å². The van der Waals surface area contributed by atoms with Gasteiger partial charge in [-0.1, -0.05) is 65.7 Å². The molecule has 1 heterocycles. The molecule has 0 aliphatic carbocycles. The SMILES string of the molecule is CCCCN1CC(=O)N(CCOC)CC(=O)N(CCOC)CC(=O)C(C)(C)CCCCCCCCC1(C)C. The molecule has 0 aromatic heterocycles. The molecular weight excluding hydrogens is 482 g/mol. The Hall–Kier alpha value is -1.51. The molecule has 0 bridgehead atoms. The van der Waals surface area contributed by atoms with Crippen LogP contribution in [0.3, 0.4) is 0 Å². The van der Waals surface area contributed by atoms with Crippen LogP contribution in [0.25, 0.3) is 0 Å². The quantitative estimate of drug-likeness (QED) is 0.428. The fourth-order valence-corrected chi connectivity index (χ4v) is 4.97. The summed E-state index contributed by atoms with van der Waals surface area (Å²) < 4.78 is 10.5. The van der Waals surface area contributed by atoms with Crippen molar-refractivity contribution in [2.45, 2.75) is 104 Å². The second-order valence-electron chi connectivity index (χ2n) is 12.1. The van der Waals surface area contributed by atoms with E-state index in [1.807, 2.05) is 13.8 Å². The molecule has 8 nitrogen and oxygen atoms in total. The zero-order chi connectivity index (χ0) is 28.6. The van der Waals surface area contributed by atoms with Crippen molar-refractivity contribution in [2.24, 2.45) is 5.41 Å². The van der Waals surface area contributed by atoms with Gasteiger partial charge in [-0.3, -0.25) is 19.3 Å². The van der Waals surface area contributed by atoms with E-state index in [0.717, 1.165) is 51.5 Å². The van der Waals surface area contributed by atoms with E-state index in [2.05, 4.69) is 25.7 Å². The number of amides is 2. The van der Waals surface area contributed by atoms with Crippen LogP contribution >= 0.6 is 0 Å². The Labute approximate surface area is 232 Å². The molecule has 0 aromatic rings. The van der Waals surface area contributed by atoms with Crippen LogP contribution in [0.2, 0.25) is 0 Å². The van der Waals surface area contributed by atoms with Gasteiger partial charge in [0.1, 0.15) is 0 Å². The number of hydrogen-bond donors (Lipinski definition) is 0. The molecule has 2 amide bonds. The summed E-state index contributed by atoms with van der Waals surface area (Å²) in [6.07, 6.45) is 10.8. The van der Waals surface area contributed by atoms with Gasteiger partial charge in [0.05, 0.1) is 32.8 Å². The fraction of sp³-hybridized carbons (Fsp3) is 0.900. The lowest BCUT2D eigenvalue weighted by Crippen LogP contribution is -2.53. The average molecular weight is 540 g/mol. The van der Waals surface area contributed by atoms with E-state index in [9.17, 15) is 14.4 Å². The first-order valence-electron chi connectivity index (χ1n) is 14.8. The average Bonchev–Trinajstić information content (AvgIpc) is 2.87. The number of unbranched alkanes of at least 4 members (excludes halogenated alkanes) is 1. The molecule has 8 heteroatoms. The fourth-order valence-electron chi connectivity index (χ4n) is 4.97. The maximum absolute atomic E-state index is 13.6. The molecule has 0 saturated carbocycles. The van der Waals surface area contributed by atoms with Gasteiger partial charge in [0, 0.05) is 38.3 Å². The predicted octanol–water partition coefficient (Wildman–Crippen LogP) is 4.55. The molecule has 0 N–H and O–H groups in total. The zero-order valence-electron chi connectivity index (χ0n) is 25.6. The lowest BCUT2D eigenvalue weighted by atomic mass is 9.82. The van der Waals surface area contributed by atoms with Crippen molar-refractivity contribution in [2.75, 3.05) is 66.7 Å². The van der Waals surface area contributed by atoms with E-state index in [-0.39, 0.29) is 42.8 Å². The summed E-state index contributed by atoms with van der Waals surface area (Å²) in [5.74, 6) is -0.245. The van der Waals surface area contributed by atoms with Crippen molar-refractivity contribution in [3.8, 4) is 0 Å². The smallest absolute Gasteiger partial charge is 0.242 e. The Morgan fingerprint density at radius 1 is 0.684 bits per heavy atom. The minimum absolute atomic E-state index is 0.0388. The highest BCUT2D eigenvalue weighted by Gasteiger charge is 2.32. The molecule has 1 aliphatic heterocycles. The molecule has 222 valence electrons. The second-order valence-corrected chi connectivity index (χ2v) is 12.1. The summed E-state index contributed by atoms with van der Waals surface area (Å²) in [5.41, 5.74) is -0.602. The number of Topliss-reactive ketones (excluding diaryl/α,β-unsaturated/α-hetero) is 1. The van der Waals surface area contributed by atoms with Gasteiger partial charge in [-0.25, -0.2) is 0 Å². The molecule has 0 unspecified atom stereocenters. The zero-order valence-corrected chi connectivity index (χ0v) is 25.6. The molecule has 0 spiro atoms. The number of ketones is 1. The van der Waals surface area contributed by atoms with Crippen LogP contribution in [-0.4, -0.2) is 105 Å². The van der Waals surface area contributed by atoms with E-state index < -0.39 is 5.41 Å². The minimum atomic E-state index is -0.496. The van der Waals surface area contributed by atoms with Crippen LogP contribution < -0.4 is 0 Å². The van der Waals surface area contributed by atoms with Crippen molar-refractivity contribution in [3.63, 3.8) is 0 Å². The Balaban J connectivity index is 3.24. The molecule has 1 saturated heterocycles. The Bertz CT molecular complexity index is 710. The molecule has 0 radical (unpaired) electrons. The number of ether oxygens (including phenoxy) is 2. The standard InChI is InChI=1S/C30H57N3O5/c1-8-9-18-33-25-28(36)32(20-22-38-7)24-27(35)31(19-21-37-6)23-26(34)29(2,3)16-14-12-10-11-13-15-17-30(33,4)5/h8-25H2,1-7H3. The van der Waals surface area contributed by atoms with Crippen molar-refractivity contribution >= 4 is 17.6 Å². The Morgan fingerprint density at radius 2 is 1.18 bits per heavy atom. The molecule has 1 rings (SSSR count). The molecule has 0 aromatic carbocycles. The van der Waals surface area contributed by atoms with E-state index in [0.29, 0.717) is 26.3 Å². The normalized spacial score (nSPS) is 21.7. The number of carbonyl (C=O) groups is 3. The second kappa shape index (κ2) is 18.0. The lowest BCUT2D eigenvalue weighted by Gasteiger charge is -2.40. The van der Waals surface area contributed by atoms with Gasteiger partial charge < -0.3 is 19.3 Å². The maximum Gasteiger partial charge on any atom is 0.242 e. The number of rotatable bonds is 9. The maximum atomic E-state index is 13.6. The van der Waals surface area contributed by atoms with Crippen molar-refractivity contribution < 1.29 is 23.9 Å². The van der Waals surface area contributed by atoms with Gasteiger partial charge in [-0.2, -0.15) is 0 Å². The van der Waals surface area contributed by atoms with E-state index >= 15 is 0 Å². The van der Waals surface area contributed by atoms with Gasteiger partial charge in [-0.05, 0) is 39.7 Å². The first kappa shape index (κ1) is 34.5. The summed E-state index contributed by atoms with van der Waals surface area (Å²) in [5, 5.41) is 0. The Kier molecular flexibility index (Phi) is 16.3. The van der Waals surface area contributed by atoms with Gasteiger partial charge in [-0.15, -0.1) is 0 Å². The molecule has 1 aliphatic rings. The summed E-state index contributed by atoms with van der Waals surface area (Å²) >= 11 is 0. The van der Waals surface area contributed by atoms with Gasteiger partial charge >= 0.3 is 0 Å². The van der Waals surface area contributed by atoms with Crippen LogP contribution in [0.4, 0.5) is 0 Å². The van der Waals surface area contributed by atoms with Crippen molar-refractivity contribution in [1.29, 1.82) is 0 Å². The van der Waals surface area contributed by atoms with Crippen molar-refractivity contribution in [3.05, 3.63) is 0 Å². The molecule has 38 heavy (non-hydrogen) atoms. The number of hydrogen-bond acceptors (Lipinski definition) is 6. The minimum Gasteiger partial charge on any atom is -0.383 e. The third-order valence-electron chi connectivity index (χ3n) is 8.06. The first-order chi connectivity index (χ1) is 18.0. The molecule has 0 atom stereocenters. The van der Waals surface area contributed by atoms with Crippen LogP contribution in [-0.2, 0) is 23.9 Å². The van der Waals surface area contributed by atoms with Crippen LogP contribution in [0.15, 0.2) is 0 Å². The monoisotopic (exact) mass is 539 g/mol. The topological polar surface area (TPSA) is 79.4 Å². The predicted molar refractivity (Wildman–Crippen MR) is 153 cm³/mol. The number of methoxy groups -OCH3 is 2. The summed E-state index contributed by atoms with van der Waals surface area (Å²) in [6, 6.07) is 0. The Morgan fingerprint density at radius 3 is 1.74 bits per heavy atom. The highest BCUT2D eigenvalue weighted by Crippen LogP contribution is 2.27. The van der Waals surface area contributed by atoms with Crippen LogP contribution in [0.1, 0.15) is 98.8 Å². The summed E-state index contributed by atoms with van der Waals surface area (Å²) in [7, 11) is 3.18. The number of carbonyl (C=O) groups excluding carboxylic acids is 3. The van der Waals surface area contributed by atoms with Crippen molar-refractivity contribution in [1.82, 2.24) is 14.7 Å². The lowest BCUT2D eigenvalue weighted by molar-refractivity contribution is -0.145. The summed E-state index contributed by atoms with van der Waals surface area (Å²) in [6.45, 7) is 13.0. The first-order valence-corrected chi connectivity index (χ1v) is 14.8. The van der Waals surface area contributed by atoms with E-state index in [4.69, 9.17) is 9.47 Å². The number of nitrogens with zero attached hydrogens (tertiary/aromatic N) is 3. The summed E-state index contributed by atoms with van der Waals surface area (Å²) in [4.78, 5) is 45.9. The molecular formula is C30H57N3O5. The highest BCUT2D eigenvalue weighted by molar-refractivity contribution is 5.91. The third-order valence-corrected chi connectivity index (χ3v) is 8.06. The van der Waals surface area contributed by atoms with Gasteiger partial charge in [0.2, 0.25) is 11.8 Å². The van der Waals surface area contributed by atoms with E-state index in [1.54, 1.807) is 24.0 Å². The van der Waals surface area contributed by atoms with Crippen LogP contribution in [0.5, 0.6) is 0 Å². The van der Waals surface area contributed by atoms with Gasteiger partial charge in [0.25, 0.3) is 0 Å². The third kappa shape index (κ3) is 12.6. The van der Waals surface area contributed by atoms with E-state index in [1.165, 1.54) is 19.3 Å². The molecule has 1 fully saturated rings.